The van der Waals surface area contributed by atoms with E-state index in [9.17, 15) is 9.90 Å². The Kier molecular flexibility index (Phi) is 2.60. The van der Waals surface area contributed by atoms with Crippen LogP contribution in [-0.2, 0) is 0 Å². The highest BCUT2D eigenvalue weighted by atomic mass is 16.3. The Labute approximate surface area is 93.1 Å². The molecule has 0 spiro atoms. The Morgan fingerprint density at radius 1 is 1.00 bits per heavy atom. The van der Waals surface area contributed by atoms with Gasteiger partial charge in [-0.25, -0.2) is 0 Å². The number of phenolic OH excluding ortho intramolecular Hbond substituents is 1. The smallest absolute Gasteiger partial charge is 0.153 e. The van der Waals surface area contributed by atoms with E-state index in [1.807, 2.05) is 12.1 Å². The predicted octanol–water partition coefficient (Wildman–Crippen LogP) is 2.45. The lowest BCUT2D eigenvalue weighted by Crippen LogP contribution is -1.86. The number of phenols is 1. The molecule has 0 heterocycles. The molecule has 0 aromatic heterocycles. The molecule has 2 aromatic rings. The number of anilines is 1. The summed E-state index contributed by atoms with van der Waals surface area (Å²) in [4.78, 5) is 10.7. The third-order valence-electron chi connectivity index (χ3n) is 2.40. The lowest BCUT2D eigenvalue weighted by Gasteiger charge is -2.04. The van der Waals surface area contributed by atoms with E-state index >= 15 is 0 Å². The SMILES string of the molecule is Nc1ccc(-c2ccc(O)c(C=O)c2)cc1. The number of hydrogen-bond donors (Lipinski definition) is 2. The third-order valence-corrected chi connectivity index (χ3v) is 2.40. The minimum absolute atomic E-state index is 0.00537. The molecule has 0 radical (unpaired) electrons. The van der Waals surface area contributed by atoms with Gasteiger partial charge in [-0.3, -0.25) is 4.79 Å². The first-order valence-electron chi connectivity index (χ1n) is 4.85. The second-order valence-electron chi connectivity index (χ2n) is 3.51. The summed E-state index contributed by atoms with van der Waals surface area (Å²) in [6.07, 6.45) is 0.635. The average molecular weight is 213 g/mol. The number of nitrogen functional groups attached to an aromatic ring is 1. The molecule has 2 rings (SSSR count). The predicted molar refractivity (Wildman–Crippen MR) is 63.3 cm³/mol. The first kappa shape index (κ1) is 10.2. The van der Waals surface area contributed by atoms with E-state index in [-0.39, 0.29) is 11.3 Å². The van der Waals surface area contributed by atoms with Gasteiger partial charge >= 0.3 is 0 Å². The van der Waals surface area contributed by atoms with Crippen LogP contribution in [0.15, 0.2) is 42.5 Å². The Balaban J connectivity index is 2.48. The lowest BCUT2D eigenvalue weighted by atomic mass is 10.0. The van der Waals surface area contributed by atoms with E-state index in [0.29, 0.717) is 12.0 Å². The quantitative estimate of drug-likeness (QED) is 0.595. The molecule has 0 saturated heterocycles. The molecule has 0 aliphatic rings. The molecule has 16 heavy (non-hydrogen) atoms. The Bertz CT molecular complexity index is 518. The van der Waals surface area contributed by atoms with Crippen LogP contribution in [0.2, 0.25) is 0 Å². The summed E-state index contributed by atoms with van der Waals surface area (Å²) in [6, 6.07) is 12.2. The van der Waals surface area contributed by atoms with Crippen LogP contribution in [-0.4, -0.2) is 11.4 Å². The summed E-state index contributed by atoms with van der Waals surface area (Å²) in [5, 5.41) is 9.37. The Morgan fingerprint density at radius 2 is 1.62 bits per heavy atom. The van der Waals surface area contributed by atoms with Gasteiger partial charge in [0, 0.05) is 5.69 Å². The van der Waals surface area contributed by atoms with Gasteiger partial charge in [-0.05, 0) is 35.4 Å². The molecule has 2 aromatic carbocycles. The molecule has 0 atom stereocenters. The second kappa shape index (κ2) is 4.06. The van der Waals surface area contributed by atoms with Crippen molar-refractivity contribution < 1.29 is 9.90 Å². The molecule has 0 aliphatic carbocycles. The number of nitrogens with two attached hydrogens (primary N) is 1. The monoisotopic (exact) mass is 213 g/mol. The van der Waals surface area contributed by atoms with Gasteiger partial charge in [0.25, 0.3) is 0 Å². The number of aromatic hydroxyl groups is 1. The highest BCUT2D eigenvalue weighted by Crippen LogP contribution is 2.25. The van der Waals surface area contributed by atoms with Crippen molar-refractivity contribution in [2.45, 2.75) is 0 Å². The molecule has 0 bridgehead atoms. The third kappa shape index (κ3) is 1.88. The molecule has 0 saturated carbocycles. The summed E-state index contributed by atoms with van der Waals surface area (Å²) in [6.45, 7) is 0. The van der Waals surface area contributed by atoms with E-state index in [1.54, 1.807) is 24.3 Å². The van der Waals surface area contributed by atoms with Crippen molar-refractivity contribution in [2.75, 3.05) is 5.73 Å². The fraction of sp³-hybridized carbons (Fsp3) is 0. The molecule has 80 valence electrons. The number of carbonyl (C=O) groups is 1. The van der Waals surface area contributed by atoms with E-state index in [2.05, 4.69) is 0 Å². The maximum absolute atomic E-state index is 10.7. The average Bonchev–Trinajstić information content (AvgIpc) is 2.31. The van der Waals surface area contributed by atoms with Crippen molar-refractivity contribution in [1.82, 2.24) is 0 Å². The molecule has 3 heteroatoms. The van der Waals surface area contributed by atoms with Crippen molar-refractivity contribution in [2.24, 2.45) is 0 Å². The molecular formula is C13H11NO2. The highest BCUT2D eigenvalue weighted by molar-refractivity contribution is 5.82. The Morgan fingerprint density at radius 3 is 2.25 bits per heavy atom. The molecule has 0 unspecified atom stereocenters. The summed E-state index contributed by atoms with van der Waals surface area (Å²) in [5.74, 6) is -0.00537. The van der Waals surface area contributed by atoms with Crippen LogP contribution >= 0.6 is 0 Å². The Hall–Kier alpha value is -2.29. The number of rotatable bonds is 2. The minimum atomic E-state index is -0.00537. The van der Waals surface area contributed by atoms with Gasteiger partial charge in [0.1, 0.15) is 5.75 Å². The van der Waals surface area contributed by atoms with E-state index < -0.39 is 0 Å². The van der Waals surface area contributed by atoms with Gasteiger partial charge in [-0.15, -0.1) is 0 Å². The van der Waals surface area contributed by atoms with Gasteiger partial charge < -0.3 is 10.8 Å². The largest absolute Gasteiger partial charge is 0.507 e. The minimum Gasteiger partial charge on any atom is -0.507 e. The van der Waals surface area contributed by atoms with Crippen molar-refractivity contribution in [1.29, 1.82) is 0 Å². The summed E-state index contributed by atoms with van der Waals surface area (Å²) in [7, 11) is 0. The van der Waals surface area contributed by atoms with Crippen LogP contribution < -0.4 is 5.73 Å². The van der Waals surface area contributed by atoms with Gasteiger partial charge in [-0.2, -0.15) is 0 Å². The molecule has 0 amide bonds. The number of carbonyl (C=O) groups excluding carboxylic acids is 1. The van der Waals surface area contributed by atoms with Gasteiger partial charge in [0.15, 0.2) is 6.29 Å². The van der Waals surface area contributed by atoms with Crippen molar-refractivity contribution in [3.8, 4) is 16.9 Å². The fourth-order valence-electron chi connectivity index (χ4n) is 1.50. The zero-order valence-electron chi connectivity index (χ0n) is 8.55. The molecular weight excluding hydrogens is 202 g/mol. The number of hydrogen-bond acceptors (Lipinski definition) is 3. The number of aldehydes is 1. The fourth-order valence-corrected chi connectivity index (χ4v) is 1.50. The maximum atomic E-state index is 10.7. The van der Waals surface area contributed by atoms with E-state index in [0.717, 1.165) is 11.1 Å². The van der Waals surface area contributed by atoms with Gasteiger partial charge in [0.05, 0.1) is 5.56 Å². The lowest BCUT2D eigenvalue weighted by molar-refractivity contribution is 0.112. The standard InChI is InChI=1S/C13H11NO2/c14-12-4-1-9(2-5-12)10-3-6-13(16)11(7-10)8-15/h1-8,16H,14H2. The van der Waals surface area contributed by atoms with Crippen molar-refractivity contribution in [3.05, 3.63) is 48.0 Å². The van der Waals surface area contributed by atoms with Crippen LogP contribution in [0.1, 0.15) is 10.4 Å². The highest BCUT2D eigenvalue weighted by Gasteiger charge is 2.03. The number of benzene rings is 2. The van der Waals surface area contributed by atoms with E-state index in [1.165, 1.54) is 6.07 Å². The molecule has 3 nitrogen and oxygen atoms in total. The zero-order chi connectivity index (χ0) is 11.5. The van der Waals surface area contributed by atoms with Gasteiger partial charge in [-0.1, -0.05) is 18.2 Å². The first-order chi connectivity index (χ1) is 7.70. The summed E-state index contributed by atoms with van der Waals surface area (Å²) < 4.78 is 0. The first-order valence-corrected chi connectivity index (χ1v) is 4.85. The van der Waals surface area contributed by atoms with E-state index in [4.69, 9.17) is 5.73 Å². The summed E-state index contributed by atoms with van der Waals surface area (Å²) >= 11 is 0. The van der Waals surface area contributed by atoms with Crippen molar-refractivity contribution in [3.63, 3.8) is 0 Å². The van der Waals surface area contributed by atoms with Crippen LogP contribution in [0, 0.1) is 0 Å². The zero-order valence-corrected chi connectivity index (χ0v) is 8.55. The summed E-state index contributed by atoms with van der Waals surface area (Å²) in [5.41, 5.74) is 8.40. The second-order valence-corrected chi connectivity index (χ2v) is 3.51. The normalized spacial score (nSPS) is 10.0. The van der Waals surface area contributed by atoms with Crippen LogP contribution in [0.4, 0.5) is 5.69 Å². The van der Waals surface area contributed by atoms with Crippen LogP contribution in [0.3, 0.4) is 0 Å². The van der Waals surface area contributed by atoms with Crippen LogP contribution in [0.25, 0.3) is 11.1 Å². The molecule has 0 fully saturated rings. The molecule has 0 aliphatic heterocycles. The van der Waals surface area contributed by atoms with Crippen LogP contribution in [0.5, 0.6) is 5.75 Å². The van der Waals surface area contributed by atoms with Gasteiger partial charge in [0.2, 0.25) is 0 Å². The molecule has 3 N–H and O–H groups in total. The topological polar surface area (TPSA) is 63.3 Å². The maximum Gasteiger partial charge on any atom is 0.153 e. The van der Waals surface area contributed by atoms with Crippen molar-refractivity contribution >= 4 is 12.0 Å².